The van der Waals surface area contributed by atoms with Crippen molar-refractivity contribution in [2.45, 2.75) is 13.5 Å². The van der Waals surface area contributed by atoms with Gasteiger partial charge in [0.05, 0.1) is 0 Å². The molecular weight excluding hydrogens is 312 g/mol. The molecule has 0 bridgehead atoms. The van der Waals surface area contributed by atoms with Gasteiger partial charge in [-0.05, 0) is 54.8 Å². The molecule has 1 aromatic heterocycles. The van der Waals surface area contributed by atoms with Crippen molar-refractivity contribution < 1.29 is 9.59 Å². The molecule has 0 radical (unpaired) electrons. The number of fused-ring (bicyclic) bond motifs is 1. The summed E-state index contributed by atoms with van der Waals surface area (Å²) in [6.07, 6.45) is 1.86. The standard InChI is InChI=1S/C18H15ClN2O2/c1-12(22)13-3-6-16(7-4-13)20-18(23)11-21-9-8-14-2-5-15(19)10-17(14)21/h2-10H,11H2,1H3,(H,20,23). The molecule has 0 aliphatic rings. The maximum atomic E-state index is 12.2. The number of nitrogens with zero attached hydrogens (tertiary/aromatic N) is 1. The number of hydrogen-bond donors (Lipinski definition) is 1. The Kier molecular flexibility index (Phi) is 4.17. The molecule has 0 saturated carbocycles. The highest BCUT2D eigenvalue weighted by Gasteiger charge is 2.08. The van der Waals surface area contributed by atoms with Crippen LogP contribution in [0.3, 0.4) is 0 Å². The Bertz CT molecular complexity index is 882. The van der Waals surface area contributed by atoms with Gasteiger partial charge < -0.3 is 9.88 Å². The highest BCUT2D eigenvalue weighted by Crippen LogP contribution is 2.20. The topological polar surface area (TPSA) is 51.1 Å². The van der Waals surface area contributed by atoms with E-state index in [-0.39, 0.29) is 18.2 Å². The quantitative estimate of drug-likeness (QED) is 0.733. The van der Waals surface area contributed by atoms with E-state index in [4.69, 9.17) is 11.6 Å². The van der Waals surface area contributed by atoms with E-state index in [1.807, 2.05) is 35.0 Å². The molecule has 0 aliphatic heterocycles. The number of ketones is 1. The largest absolute Gasteiger partial charge is 0.338 e. The molecule has 3 aromatic rings. The second-order valence-corrected chi connectivity index (χ2v) is 5.76. The Morgan fingerprint density at radius 2 is 1.83 bits per heavy atom. The van der Waals surface area contributed by atoms with Crippen LogP contribution in [-0.4, -0.2) is 16.3 Å². The number of aromatic nitrogens is 1. The van der Waals surface area contributed by atoms with Crippen LogP contribution in [0.2, 0.25) is 5.02 Å². The van der Waals surface area contributed by atoms with Gasteiger partial charge >= 0.3 is 0 Å². The van der Waals surface area contributed by atoms with Crippen LogP contribution in [-0.2, 0) is 11.3 Å². The van der Waals surface area contributed by atoms with Crippen molar-refractivity contribution in [3.8, 4) is 0 Å². The number of nitrogens with one attached hydrogen (secondary N) is 1. The molecule has 0 fully saturated rings. The summed E-state index contributed by atoms with van der Waals surface area (Å²) < 4.78 is 1.85. The van der Waals surface area contributed by atoms with Crippen LogP contribution in [0, 0.1) is 0 Å². The van der Waals surface area contributed by atoms with Gasteiger partial charge in [0.15, 0.2) is 5.78 Å². The van der Waals surface area contributed by atoms with Crippen molar-refractivity contribution in [2.24, 2.45) is 0 Å². The molecule has 0 spiro atoms. The number of halogens is 1. The lowest BCUT2D eigenvalue weighted by Gasteiger charge is -2.08. The van der Waals surface area contributed by atoms with Gasteiger partial charge in [-0.25, -0.2) is 0 Å². The van der Waals surface area contributed by atoms with Gasteiger partial charge in [0.2, 0.25) is 5.91 Å². The van der Waals surface area contributed by atoms with Crippen LogP contribution < -0.4 is 5.32 Å². The maximum absolute atomic E-state index is 12.2. The van der Waals surface area contributed by atoms with Crippen LogP contribution in [0.4, 0.5) is 5.69 Å². The number of anilines is 1. The van der Waals surface area contributed by atoms with E-state index in [0.717, 1.165) is 10.9 Å². The number of amides is 1. The van der Waals surface area contributed by atoms with E-state index in [2.05, 4.69) is 5.32 Å². The molecule has 5 heteroatoms. The summed E-state index contributed by atoms with van der Waals surface area (Å²) in [5, 5.41) is 4.49. The van der Waals surface area contributed by atoms with Crippen LogP contribution in [0.1, 0.15) is 17.3 Å². The zero-order valence-electron chi connectivity index (χ0n) is 12.5. The first-order valence-corrected chi connectivity index (χ1v) is 7.56. The lowest BCUT2D eigenvalue weighted by molar-refractivity contribution is -0.116. The molecule has 1 heterocycles. The van der Waals surface area contributed by atoms with Crippen LogP contribution >= 0.6 is 11.6 Å². The van der Waals surface area contributed by atoms with Gasteiger partial charge in [0.25, 0.3) is 0 Å². The van der Waals surface area contributed by atoms with Crippen molar-refractivity contribution in [3.05, 3.63) is 65.3 Å². The average Bonchev–Trinajstić information content (AvgIpc) is 2.90. The Morgan fingerprint density at radius 3 is 2.52 bits per heavy atom. The molecule has 3 rings (SSSR count). The highest BCUT2D eigenvalue weighted by molar-refractivity contribution is 6.31. The highest BCUT2D eigenvalue weighted by atomic mass is 35.5. The Hall–Kier alpha value is -2.59. The summed E-state index contributed by atoms with van der Waals surface area (Å²) in [7, 11) is 0. The van der Waals surface area contributed by atoms with Crippen molar-refractivity contribution in [2.75, 3.05) is 5.32 Å². The van der Waals surface area contributed by atoms with Crippen LogP contribution in [0.25, 0.3) is 10.9 Å². The zero-order valence-corrected chi connectivity index (χ0v) is 13.3. The molecule has 116 valence electrons. The van der Waals surface area contributed by atoms with Crippen molar-refractivity contribution in [1.82, 2.24) is 4.57 Å². The Balaban J connectivity index is 1.73. The minimum Gasteiger partial charge on any atom is -0.338 e. The third-order valence-electron chi connectivity index (χ3n) is 3.63. The number of carbonyl (C=O) groups is 2. The average molecular weight is 327 g/mol. The first-order valence-electron chi connectivity index (χ1n) is 7.18. The molecule has 0 unspecified atom stereocenters. The fourth-order valence-electron chi connectivity index (χ4n) is 2.44. The predicted octanol–water partition coefficient (Wildman–Crippen LogP) is 4.14. The van der Waals surface area contributed by atoms with Crippen molar-refractivity contribution >= 4 is 39.9 Å². The predicted molar refractivity (Wildman–Crippen MR) is 92.0 cm³/mol. The lowest BCUT2D eigenvalue weighted by atomic mass is 10.1. The lowest BCUT2D eigenvalue weighted by Crippen LogP contribution is -2.18. The number of benzene rings is 2. The van der Waals surface area contributed by atoms with Gasteiger partial charge in [-0.1, -0.05) is 17.7 Å². The fourth-order valence-corrected chi connectivity index (χ4v) is 2.60. The fraction of sp³-hybridized carbons (Fsp3) is 0.111. The van der Waals surface area contributed by atoms with Gasteiger partial charge in [0.1, 0.15) is 6.54 Å². The third-order valence-corrected chi connectivity index (χ3v) is 3.86. The number of carbonyl (C=O) groups excluding carboxylic acids is 2. The SMILES string of the molecule is CC(=O)c1ccc(NC(=O)Cn2ccc3ccc(Cl)cc32)cc1. The monoisotopic (exact) mass is 326 g/mol. The molecule has 0 aliphatic carbocycles. The molecule has 0 saturated heterocycles. The number of rotatable bonds is 4. The maximum Gasteiger partial charge on any atom is 0.244 e. The van der Waals surface area contributed by atoms with E-state index in [9.17, 15) is 9.59 Å². The summed E-state index contributed by atoms with van der Waals surface area (Å²) >= 11 is 6.01. The van der Waals surface area contributed by atoms with Gasteiger partial charge in [-0.15, -0.1) is 0 Å². The van der Waals surface area contributed by atoms with Crippen LogP contribution in [0.5, 0.6) is 0 Å². The summed E-state index contributed by atoms with van der Waals surface area (Å²) in [4.78, 5) is 23.4. The smallest absolute Gasteiger partial charge is 0.244 e. The first-order chi connectivity index (χ1) is 11.0. The van der Waals surface area contributed by atoms with E-state index < -0.39 is 0 Å². The Morgan fingerprint density at radius 1 is 1.09 bits per heavy atom. The molecule has 1 N–H and O–H groups in total. The minimum atomic E-state index is -0.141. The minimum absolute atomic E-state index is 0.00133. The first kappa shape index (κ1) is 15.3. The van der Waals surface area contributed by atoms with Crippen molar-refractivity contribution in [3.63, 3.8) is 0 Å². The van der Waals surface area contributed by atoms with Gasteiger partial charge in [0, 0.05) is 28.0 Å². The van der Waals surface area contributed by atoms with E-state index >= 15 is 0 Å². The van der Waals surface area contributed by atoms with Crippen molar-refractivity contribution in [1.29, 1.82) is 0 Å². The third kappa shape index (κ3) is 3.43. The summed E-state index contributed by atoms with van der Waals surface area (Å²) in [5.74, 6) is -0.142. The van der Waals surface area contributed by atoms with E-state index in [0.29, 0.717) is 16.3 Å². The molecule has 4 nitrogen and oxygen atoms in total. The second-order valence-electron chi connectivity index (χ2n) is 5.33. The zero-order chi connectivity index (χ0) is 16.4. The molecule has 0 atom stereocenters. The second kappa shape index (κ2) is 6.26. The normalized spacial score (nSPS) is 10.7. The number of Topliss-reactive ketones (excluding diaryl/α,β-unsaturated/α-hetero) is 1. The summed E-state index contributed by atoms with van der Waals surface area (Å²) in [5.41, 5.74) is 2.20. The summed E-state index contributed by atoms with van der Waals surface area (Å²) in [6.45, 7) is 1.70. The summed E-state index contributed by atoms with van der Waals surface area (Å²) in [6, 6.07) is 14.4. The van der Waals surface area contributed by atoms with E-state index in [1.54, 1.807) is 24.3 Å². The van der Waals surface area contributed by atoms with Crippen LogP contribution in [0.15, 0.2) is 54.7 Å². The Labute approximate surface area is 138 Å². The molecule has 2 aromatic carbocycles. The van der Waals surface area contributed by atoms with Gasteiger partial charge in [-0.3, -0.25) is 9.59 Å². The molecule has 1 amide bonds. The van der Waals surface area contributed by atoms with Gasteiger partial charge in [-0.2, -0.15) is 0 Å². The number of hydrogen-bond acceptors (Lipinski definition) is 2. The molecular formula is C18H15ClN2O2. The molecule has 23 heavy (non-hydrogen) atoms. The van der Waals surface area contributed by atoms with E-state index in [1.165, 1.54) is 6.92 Å².